The Morgan fingerprint density at radius 2 is 2.33 bits per heavy atom. The zero-order valence-corrected chi connectivity index (χ0v) is 8.75. The largest absolute Gasteiger partial charge is 0.476 e. The van der Waals surface area contributed by atoms with Crippen molar-refractivity contribution in [1.29, 1.82) is 5.26 Å². The van der Waals surface area contributed by atoms with E-state index in [1.807, 2.05) is 0 Å². The van der Waals surface area contributed by atoms with Gasteiger partial charge >= 0.3 is 12.0 Å². The van der Waals surface area contributed by atoms with Crippen LogP contribution in [0.1, 0.15) is 16.1 Å². The number of oxazole rings is 1. The standard InChI is InChI=1S/C11H5FN2O4/c12-7-3-6(4-13)1-2-9(7)18-11-14-8(5-17-11)10(15)16/h1-3,5H,(H,15,16). The van der Waals surface area contributed by atoms with Crippen LogP contribution in [-0.4, -0.2) is 16.1 Å². The van der Waals surface area contributed by atoms with Crippen LogP contribution in [0.4, 0.5) is 4.39 Å². The zero-order valence-electron chi connectivity index (χ0n) is 8.75. The molecule has 0 aliphatic carbocycles. The third kappa shape index (κ3) is 2.27. The molecule has 0 saturated heterocycles. The van der Waals surface area contributed by atoms with Crippen molar-refractivity contribution in [2.75, 3.05) is 0 Å². The lowest BCUT2D eigenvalue weighted by Crippen LogP contribution is -1.96. The molecule has 18 heavy (non-hydrogen) atoms. The summed E-state index contributed by atoms with van der Waals surface area (Å²) in [4.78, 5) is 14.0. The Labute approximate surface area is 99.9 Å². The highest BCUT2D eigenvalue weighted by atomic mass is 19.1. The zero-order chi connectivity index (χ0) is 13.1. The molecular weight excluding hydrogens is 243 g/mol. The highest BCUT2D eigenvalue weighted by molar-refractivity contribution is 5.84. The first-order valence-electron chi connectivity index (χ1n) is 4.66. The van der Waals surface area contributed by atoms with Crippen LogP contribution in [0, 0.1) is 17.1 Å². The van der Waals surface area contributed by atoms with Gasteiger partial charge in [0.2, 0.25) is 0 Å². The second-order valence-electron chi connectivity index (χ2n) is 3.16. The van der Waals surface area contributed by atoms with Gasteiger partial charge in [-0.1, -0.05) is 0 Å². The Morgan fingerprint density at radius 1 is 1.56 bits per heavy atom. The molecule has 1 aromatic carbocycles. The maximum Gasteiger partial charge on any atom is 0.400 e. The van der Waals surface area contributed by atoms with E-state index >= 15 is 0 Å². The van der Waals surface area contributed by atoms with Gasteiger partial charge in [0.15, 0.2) is 17.3 Å². The fraction of sp³-hybridized carbons (Fsp3) is 0. The molecule has 0 radical (unpaired) electrons. The van der Waals surface area contributed by atoms with Crippen LogP contribution in [-0.2, 0) is 0 Å². The summed E-state index contributed by atoms with van der Waals surface area (Å²) in [7, 11) is 0. The molecule has 0 bridgehead atoms. The number of aromatic carboxylic acids is 1. The molecule has 90 valence electrons. The molecule has 2 aromatic rings. The third-order valence-electron chi connectivity index (χ3n) is 1.96. The number of ether oxygens (including phenoxy) is 1. The number of hydrogen-bond donors (Lipinski definition) is 1. The lowest BCUT2D eigenvalue weighted by Gasteiger charge is -2.01. The summed E-state index contributed by atoms with van der Waals surface area (Å²) in [5, 5.41) is 17.2. The number of aromatic nitrogens is 1. The fourth-order valence-electron chi connectivity index (χ4n) is 1.15. The lowest BCUT2D eigenvalue weighted by atomic mass is 10.2. The summed E-state index contributed by atoms with van der Waals surface area (Å²) < 4.78 is 23.0. The van der Waals surface area contributed by atoms with Gasteiger partial charge in [-0.3, -0.25) is 0 Å². The fourth-order valence-corrected chi connectivity index (χ4v) is 1.15. The topological polar surface area (TPSA) is 96.3 Å². The number of carbonyl (C=O) groups is 1. The van der Waals surface area contributed by atoms with Crippen molar-refractivity contribution in [1.82, 2.24) is 4.98 Å². The molecule has 0 spiro atoms. The molecule has 1 N–H and O–H groups in total. The molecule has 1 aromatic heterocycles. The van der Waals surface area contributed by atoms with Crippen molar-refractivity contribution >= 4 is 5.97 Å². The molecule has 0 aliphatic rings. The van der Waals surface area contributed by atoms with Crippen LogP contribution in [0.25, 0.3) is 0 Å². The number of nitriles is 1. The molecule has 2 rings (SSSR count). The second kappa shape index (κ2) is 4.55. The van der Waals surface area contributed by atoms with Gasteiger partial charge in [0.1, 0.15) is 6.26 Å². The predicted molar refractivity (Wildman–Crippen MR) is 54.7 cm³/mol. The average Bonchev–Trinajstić information content (AvgIpc) is 2.80. The Kier molecular flexibility index (Phi) is 2.93. The Balaban J connectivity index is 2.23. The van der Waals surface area contributed by atoms with E-state index in [9.17, 15) is 9.18 Å². The average molecular weight is 248 g/mol. The van der Waals surface area contributed by atoms with Gasteiger partial charge in [0.05, 0.1) is 11.6 Å². The highest BCUT2D eigenvalue weighted by Gasteiger charge is 2.14. The van der Waals surface area contributed by atoms with Gasteiger partial charge in [-0.25, -0.2) is 9.18 Å². The lowest BCUT2D eigenvalue weighted by molar-refractivity contribution is 0.0690. The van der Waals surface area contributed by atoms with E-state index in [2.05, 4.69) is 4.98 Å². The minimum atomic E-state index is -1.28. The Hall–Kier alpha value is -2.88. The van der Waals surface area contributed by atoms with Crippen LogP contribution in [0.2, 0.25) is 0 Å². The van der Waals surface area contributed by atoms with Crippen molar-refractivity contribution in [2.45, 2.75) is 0 Å². The number of carboxylic acid groups (broad SMARTS) is 1. The van der Waals surface area contributed by atoms with E-state index in [4.69, 9.17) is 19.5 Å². The number of nitrogens with zero attached hydrogens (tertiary/aromatic N) is 2. The van der Waals surface area contributed by atoms with Crippen molar-refractivity contribution in [3.8, 4) is 17.9 Å². The minimum Gasteiger partial charge on any atom is -0.476 e. The Morgan fingerprint density at radius 3 is 2.89 bits per heavy atom. The predicted octanol–water partition coefficient (Wildman–Crippen LogP) is 2.18. The maximum absolute atomic E-state index is 13.4. The van der Waals surface area contributed by atoms with E-state index in [0.29, 0.717) is 0 Å². The molecule has 0 unspecified atom stereocenters. The van der Waals surface area contributed by atoms with Crippen molar-refractivity contribution in [2.24, 2.45) is 0 Å². The smallest absolute Gasteiger partial charge is 0.400 e. The molecule has 0 atom stereocenters. The highest BCUT2D eigenvalue weighted by Crippen LogP contribution is 2.24. The van der Waals surface area contributed by atoms with Gasteiger partial charge < -0.3 is 14.3 Å². The van der Waals surface area contributed by atoms with Gasteiger partial charge in [0.25, 0.3) is 0 Å². The number of hydrogen-bond acceptors (Lipinski definition) is 5. The maximum atomic E-state index is 13.4. The molecule has 1 heterocycles. The molecule has 6 nitrogen and oxygen atoms in total. The molecule has 0 aliphatic heterocycles. The SMILES string of the molecule is N#Cc1ccc(Oc2nc(C(=O)O)co2)c(F)c1. The van der Waals surface area contributed by atoms with E-state index < -0.39 is 17.9 Å². The number of halogens is 1. The molecular formula is C11H5FN2O4. The summed E-state index contributed by atoms with van der Waals surface area (Å²) in [5.74, 6) is -2.27. The molecule has 0 saturated carbocycles. The molecule has 0 amide bonds. The van der Waals surface area contributed by atoms with Crippen LogP contribution in [0.5, 0.6) is 11.8 Å². The first-order valence-corrected chi connectivity index (χ1v) is 4.66. The summed E-state index contributed by atoms with van der Waals surface area (Å²) in [6.45, 7) is 0. The summed E-state index contributed by atoms with van der Waals surface area (Å²) in [6.07, 6.45) is 0.482. The summed E-state index contributed by atoms with van der Waals surface area (Å²) >= 11 is 0. The van der Waals surface area contributed by atoms with E-state index in [-0.39, 0.29) is 17.0 Å². The van der Waals surface area contributed by atoms with E-state index in [1.165, 1.54) is 12.1 Å². The summed E-state index contributed by atoms with van der Waals surface area (Å²) in [6, 6.07) is 5.32. The third-order valence-corrected chi connectivity index (χ3v) is 1.96. The van der Waals surface area contributed by atoms with Crippen molar-refractivity contribution < 1.29 is 23.4 Å². The Bertz CT molecular complexity index is 645. The first kappa shape index (κ1) is 11.6. The second-order valence-corrected chi connectivity index (χ2v) is 3.16. The molecule has 7 heteroatoms. The van der Waals surface area contributed by atoms with Crippen LogP contribution in [0.3, 0.4) is 0 Å². The van der Waals surface area contributed by atoms with Crippen molar-refractivity contribution in [3.05, 3.63) is 41.5 Å². The normalized spacial score (nSPS) is 9.78. The van der Waals surface area contributed by atoms with E-state index in [1.54, 1.807) is 6.07 Å². The van der Waals surface area contributed by atoms with Gasteiger partial charge in [-0.15, -0.1) is 0 Å². The van der Waals surface area contributed by atoms with Gasteiger partial charge in [0, 0.05) is 0 Å². The minimum absolute atomic E-state index is 0.137. The van der Waals surface area contributed by atoms with Crippen LogP contribution >= 0.6 is 0 Å². The number of carboxylic acids is 1. The van der Waals surface area contributed by atoms with E-state index in [0.717, 1.165) is 12.3 Å². The monoisotopic (exact) mass is 248 g/mol. The summed E-state index contributed by atoms with van der Waals surface area (Å²) in [5.41, 5.74) is -0.211. The van der Waals surface area contributed by atoms with Gasteiger partial charge in [-0.05, 0) is 18.2 Å². The first-order chi connectivity index (χ1) is 8.60. The number of rotatable bonds is 3. The van der Waals surface area contributed by atoms with Gasteiger partial charge in [-0.2, -0.15) is 10.2 Å². The van der Waals surface area contributed by atoms with Crippen LogP contribution in [0.15, 0.2) is 28.9 Å². The molecule has 0 fully saturated rings. The van der Waals surface area contributed by atoms with Crippen molar-refractivity contribution in [3.63, 3.8) is 0 Å². The quantitative estimate of drug-likeness (QED) is 0.894. The van der Waals surface area contributed by atoms with Crippen LogP contribution < -0.4 is 4.74 Å². The number of benzene rings is 1.